The smallest absolute Gasteiger partial charge is 0.192 e. The van der Waals surface area contributed by atoms with Gasteiger partial charge in [0, 0.05) is 5.56 Å². The van der Waals surface area contributed by atoms with Crippen LogP contribution in [-0.4, -0.2) is 18.7 Å². The number of carbonyl (C=O) groups excluding carboxylic acids is 2. The van der Waals surface area contributed by atoms with Gasteiger partial charge in [-0.1, -0.05) is 12.1 Å². The van der Waals surface area contributed by atoms with Gasteiger partial charge < -0.3 is 4.74 Å². The molecule has 0 fully saturated rings. The molecule has 15 heavy (non-hydrogen) atoms. The third-order valence-corrected chi connectivity index (χ3v) is 2.41. The number of carbonyl (C=O) groups is 2. The molecule has 1 aromatic carbocycles. The lowest BCUT2D eigenvalue weighted by Crippen LogP contribution is -2.12. The maximum atomic E-state index is 11.7. The van der Waals surface area contributed by atoms with Crippen molar-refractivity contribution in [2.24, 2.45) is 5.92 Å². The van der Waals surface area contributed by atoms with Gasteiger partial charge in [-0.2, -0.15) is 5.26 Å². The fourth-order valence-electron chi connectivity index (χ4n) is 1.70. The van der Waals surface area contributed by atoms with E-state index < -0.39 is 17.5 Å². The molecule has 4 heteroatoms. The molecule has 0 bridgehead atoms. The van der Waals surface area contributed by atoms with E-state index in [1.165, 1.54) is 13.2 Å². The number of hydrogen-bond donors (Lipinski definition) is 0. The zero-order valence-electron chi connectivity index (χ0n) is 7.98. The number of ether oxygens (including phenoxy) is 1. The molecule has 0 aromatic heterocycles. The highest BCUT2D eigenvalue weighted by molar-refractivity contribution is 6.28. The normalized spacial score (nSPS) is 18.5. The minimum atomic E-state index is -1.20. The van der Waals surface area contributed by atoms with Gasteiger partial charge in [-0.05, 0) is 6.07 Å². The summed E-state index contributed by atoms with van der Waals surface area (Å²) in [6.45, 7) is 0. The van der Waals surface area contributed by atoms with E-state index in [0.29, 0.717) is 5.75 Å². The van der Waals surface area contributed by atoms with Crippen LogP contribution in [0.25, 0.3) is 0 Å². The molecule has 1 unspecified atom stereocenters. The third-order valence-electron chi connectivity index (χ3n) is 2.41. The Morgan fingerprint density at radius 1 is 1.33 bits per heavy atom. The molecule has 0 radical (unpaired) electrons. The summed E-state index contributed by atoms with van der Waals surface area (Å²) in [5, 5.41) is 8.71. The standard InChI is InChI=1S/C11H7NO3/c1-15-8-4-2-3-6-9(8)11(14)7(5-12)10(6)13/h2-4,7H,1H3. The Labute approximate surface area is 86.1 Å². The largest absolute Gasteiger partial charge is 0.496 e. The van der Waals surface area contributed by atoms with Crippen LogP contribution in [0.5, 0.6) is 5.75 Å². The molecule has 0 aliphatic heterocycles. The molecule has 0 saturated heterocycles. The van der Waals surface area contributed by atoms with Gasteiger partial charge in [-0.25, -0.2) is 0 Å². The van der Waals surface area contributed by atoms with E-state index in [9.17, 15) is 9.59 Å². The first kappa shape index (κ1) is 9.41. The molecule has 0 heterocycles. The summed E-state index contributed by atoms with van der Waals surface area (Å²) in [4.78, 5) is 23.3. The van der Waals surface area contributed by atoms with E-state index >= 15 is 0 Å². The fourth-order valence-corrected chi connectivity index (χ4v) is 1.70. The molecule has 1 aliphatic carbocycles. The number of methoxy groups -OCH3 is 1. The van der Waals surface area contributed by atoms with Crippen molar-refractivity contribution in [2.75, 3.05) is 7.11 Å². The van der Waals surface area contributed by atoms with E-state index in [1.807, 2.05) is 0 Å². The van der Waals surface area contributed by atoms with Gasteiger partial charge >= 0.3 is 0 Å². The van der Waals surface area contributed by atoms with Gasteiger partial charge in [-0.3, -0.25) is 9.59 Å². The number of Topliss-reactive ketones (excluding diaryl/α,β-unsaturated/α-hetero) is 2. The maximum absolute atomic E-state index is 11.7. The molecular weight excluding hydrogens is 194 g/mol. The van der Waals surface area contributed by atoms with Gasteiger partial charge in [0.25, 0.3) is 0 Å². The van der Waals surface area contributed by atoms with Crippen molar-refractivity contribution in [1.82, 2.24) is 0 Å². The van der Waals surface area contributed by atoms with Gasteiger partial charge in [0.2, 0.25) is 0 Å². The maximum Gasteiger partial charge on any atom is 0.192 e. The number of rotatable bonds is 1. The Hall–Kier alpha value is -2.15. The number of hydrogen-bond acceptors (Lipinski definition) is 4. The first-order valence-corrected chi connectivity index (χ1v) is 4.35. The van der Waals surface area contributed by atoms with E-state index in [1.54, 1.807) is 18.2 Å². The first-order valence-electron chi connectivity index (χ1n) is 4.35. The van der Waals surface area contributed by atoms with Crippen LogP contribution in [0.15, 0.2) is 18.2 Å². The summed E-state index contributed by atoms with van der Waals surface area (Å²) in [5.74, 6) is -1.74. The summed E-state index contributed by atoms with van der Waals surface area (Å²) in [6.07, 6.45) is 0. The molecule has 2 rings (SSSR count). The van der Waals surface area contributed by atoms with Crippen molar-refractivity contribution >= 4 is 11.6 Å². The number of fused-ring (bicyclic) bond motifs is 1. The Bertz CT molecular complexity index is 499. The Morgan fingerprint density at radius 2 is 2.07 bits per heavy atom. The van der Waals surface area contributed by atoms with Crippen molar-refractivity contribution in [1.29, 1.82) is 5.26 Å². The van der Waals surface area contributed by atoms with Crippen LogP contribution in [0.4, 0.5) is 0 Å². The number of nitrogens with zero attached hydrogens (tertiary/aromatic N) is 1. The van der Waals surface area contributed by atoms with Gasteiger partial charge in [0.05, 0.1) is 18.7 Å². The monoisotopic (exact) mass is 201 g/mol. The van der Waals surface area contributed by atoms with E-state index in [4.69, 9.17) is 10.00 Å². The highest BCUT2D eigenvalue weighted by Gasteiger charge is 2.40. The van der Waals surface area contributed by atoms with Crippen LogP contribution in [0, 0.1) is 17.2 Å². The Kier molecular flexibility index (Phi) is 2.01. The molecule has 0 amide bonds. The molecule has 0 saturated carbocycles. The average Bonchev–Trinajstić information content (AvgIpc) is 2.51. The summed E-state index contributed by atoms with van der Waals surface area (Å²) < 4.78 is 4.99. The van der Waals surface area contributed by atoms with Crippen LogP contribution in [0.1, 0.15) is 20.7 Å². The molecule has 1 aliphatic rings. The zero-order valence-corrected chi connectivity index (χ0v) is 7.98. The minimum Gasteiger partial charge on any atom is -0.496 e. The summed E-state index contributed by atoms with van der Waals surface area (Å²) >= 11 is 0. The van der Waals surface area contributed by atoms with Crippen molar-refractivity contribution in [2.45, 2.75) is 0 Å². The van der Waals surface area contributed by atoms with Gasteiger partial charge in [0.15, 0.2) is 17.5 Å². The molecule has 0 N–H and O–H groups in total. The fraction of sp³-hybridized carbons (Fsp3) is 0.182. The quantitative estimate of drug-likeness (QED) is 0.640. The molecule has 74 valence electrons. The van der Waals surface area contributed by atoms with Crippen molar-refractivity contribution in [3.63, 3.8) is 0 Å². The molecular formula is C11H7NO3. The lowest BCUT2D eigenvalue weighted by Gasteiger charge is -2.03. The number of ketones is 2. The second kappa shape index (κ2) is 3.21. The molecule has 1 aromatic rings. The summed E-state index contributed by atoms with van der Waals surface area (Å²) in [7, 11) is 1.42. The van der Waals surface area contributed by atoms with Crippen molar-refractivity contribution < 1.29 is 14.3 Å². The Morgan fingerprint density at radius 3 is 2.67 bits per heavy atom. The highest BCUT2D eigenvalue weighted by atomic mass is 16.5. The van der Waals surface area contributed by atoms with Crippen LogP contribution in [-0.2, 0) is 0 Å². The van der Waals surface area contributed by atoms with Crippen LogP contribution in [0.2, 0.25) is 0 Å². The predicted molar refractivity (Wildman–Crippen MR) is 50.8 cm³/mol. The Balaban J connectivity index is 2.68. The van der Waals surface area contributed by atoms with E-state index in [0.717, 1.165) is 0 Å². The summed E-state index contributed by atoms with van der Waals surface area (Å²) in [6, 6.07) is 6.47. The average molecular weight is 201 g/mol. The lowest BCUT2D eigenvalue weighted by molar-refractivity contribution is 0.0875. The SMILES string of the molecule is COc1cccc2c1C(=O)C(C#N)C2=O. The topological polar surface area (TPSA) is 67.2 Å². The number of nitriles is 1. The first-order chi connectivity index (χ1) is 7.20. The molecule has 1 atom stereocenters. The second-order valence-corrected chi connectivity index (χ2v) is 3.17. The molecule has 0 spiro atoms. The second-order valence-electron chi connectivity index (χ2n) is 3.17. The molecule has 4 nitrogen and oxygen atoms in total. The minimum absolute atomic E-state index is 0.233. The van der Waals surface area contributed by atoms with Gasteiger partial charge in [0.1, 0.15) is 5.75 Å². The summed E-state index contributed by atoms with van der Waals surface area (Å²) in [5.41, 5.74) is 0.516. The van der Waals surface area contributed by atoms with Crippen molar-refractivity contribution in [3.05, 3.63) is 29.3 Å². The third kappa shape index (κ3) is 1.13. The number of benzene rings is 1. The lowest BCUT2D eigenvalue weighted by atomic mass is 10.1. The van der Waals surface area contributed by atoms with E-state index in [-0.39, 0.29) is 11.1 Å². The predicted octanol–water partition coefficient (Wildman–Crippen LogP) is 1.21. The van der Waals surface area contributed by atoms with Crippen LogP contribution in [0.3, 0.4) is 0 Å². The van der Waals surface area contributed by atoms with Gasteiger partial charge in [-0.15, -0.1) is 0 Å². The van der Waals surface area contributed by atoms with Crippen molar-refractivity contribution in [3.8, 4) is 11.8 Å². The van der Waals surface area contributed by atoms with Crippen LogP contribution >= 0.6 is 0 Å². The van der Waals surface area contributed by atoms with Crippen LogP contribution < -0.4 is 4.74 Å². The highest BCUT2D eigenvalue weighted by Crippen LogP contribution is 2.33. The van der Waals surface area contributed by atoms with E-state index in [2.05, 4.69) is 0 Å². The zero-order chi connectivity index (χ0) is 11.0.